The summed E-state index contributed by atoms with van der Waals surface area (Å²) in [6.07, 6.45) is 1.19. The van der Waals surface area contributed by atoms with E-state index in [1.54, 1.807) is 0 Å². The topological polar surface area (TPSA) is 53.2 Å². The fourth-order valence-electron chi connectivity index (χ4n) is 1.49. The lowest BCUT2D eigenvalue weighted by molar-refractivity contribution is -0.123. The number of carbonyl (C=O) groups excluding carboxylic acids is 1. The van der Waals surface area contributed by atoms with Crippen molar-refractivity contribution < 1.29 is 4.79 Å². The molecule has 1 atom stereocenters. The zero-order chi connectivity index (χ0) is 10.4. The molecule has 3 N–H and O–H groups in total. The van der Waals surface area contributed by atoms with Gasteiger partial charge in [0.15, 0.2) is 0 Å². The molecular weight excluding hydrogens is 178 g/mol. The fourth-order valence-corrected chi connectivity index (χ4v) is 1.49. The summed E-state index contributed by atoms with van der Waals surface area (Å²) in [5.74, 6) is 0.222. The molecule has 4 heteroatoms. The molecule has 1 amide bonds. The Hall–Kier alpha value is -0.610. The monoisotopic (exact) mass is 199 g/mol. The molecule has 1 unspecified atom stereocenters. The second-order valence-corrected chi connectivity index (χ2v) is 4.09. The van der Waals surface area contributed by atoms with Crippen LogP contribution in [0.3, 0.4) is 0 Å². The van der Waals surface area contributed by atoms with Crippen LogP contribution in [-0.4, -0.2) is 38.1 Å². The summed E-state index contributed by atoms with van der Waals surface area (Å²) < 4.78 is 0. The zero-order valence-electron chi connectivity index (χ0n) is 9.10. The molecule has 1 aliphatic heterocycles. The third-order valence-corrected chi connectivity index (χ3v) is 2.44. The highest BCUT2D eigenvalue weighted by Gasteiger charge is 2.12. The Kier molecular flexibility index (Phi) is 4.90. The van der Waals surface area contributed by atoms with Crippen molar-refractivity contribution in [2.24, 2.45) is 5.92 Å². The Morgan fingerprint density at radius 1 is 1.50 bits per heavy atom. The molecule has 1 rings (SSSR count). The molecule has 1 heterocycles. The van der Waals surface area contributed by atoms with Gasteiger partial charge in [0.25, 0.3) is 0 Å². The van der Waals surface area contributed by atoms with Crippen LogP contribution in [0.15, 0.2) is 0 Å². The molecule has 82 valence electrons. The first-order valence-electron chi connectivity index (χ1n) is 5.42. The highest BCUT2D eigenvalue weighted by molar-refractivity contribution is 5.77. The van der Waals surface area contributed by atoms with Gasteiger partial charge < -0.3 is 16.0 Å². The van der Waals surface area contributed by atoms with Crippen LogP contribution in [-0.2, 0) is 4.79 Å². The minimum atomic E-state index is 0.0862. The largest absolute Gasteiger partial charge is 0.355 e. The van der Waals surface area contributed by atoms with Crippen molar-refractivity contribution in [3.63, 3.8) is 0 Å². The van der Waals surface area contributed by atoms with Gasteiger partial charge in [-0.15, -0.1) is 0 Å². The summed E-state index contributed by atoms with van der Waals surface area (Å²) in [4.78, 5) is 11.2. The summed E-state index contributed by atoms with van der Waals surface area (Å²) in [6.45, 7) is 7.57. The summed E-state index contributed by atoms with van der Waals surface area (Å²) in [5, 5.41) is 9.57. The standard InChI is InChI=1S/C10H21N3O/c1-8(2)10(14)13-6-5-12-9-3-4-11-7-9/h8-9,11-12H,3-7H2,1-2H3,(H,13,14). The van der Waals surface area contributed by atoms with Crippen molar-refractivity contribution in [2.75, 3.05) is 26.2 Å². The molecule has 0 aromatic heterocycles. The van der Waals surface area contributed by atoms with Crippen LogP contribution >= 0.6 is 0 Å². The van der Waals surface area contributed by atoms with E-state index in [4.69, 9.17) is 0 Å². The Bertz CT molecular complexity index is 176. The minimum absolute atomic E-state index is 0.0862. The molecule has 14 heavy (non-hydrogen) atoms. The first kappa shape index (κ1) is 11.5. The van der Waals surface area contributed by atoms with Crippen LogP contribution in [0, 0.1) is 5.92 Å². The van der Waals surface area contributed by atoms with Crippen LogP contribution in [0.4, 0.5) is 0 Å². The third-order valence-electron chi connectivity index (χ3n) is 2.44. The van der Waals surface area contributed by atoms with E-state index in [9.17, 15) is 4.79 Å². The van der Waals surface area contributed by atoms with Crippen LogP contribution in [0.2, 0.25) is 0 Å². The summed E-state index contributed by atoms with van der Waals surface area (Å²) in [7, 11) is 0. The number of carbonyl (C=O) groups is 1. The quantitative estimate of drug-likeness (QED) is 0.533. The molecule has 4 nitrogen and oxygen atoms in total. The van der Waals surface area contributed by atoms with E-state index in [0.29, 0.717) is 6.04 Å². The van der Waals surface area contributed by atoms with Gasteiger partial charge in [-0.2, -0.15) is 0 Å². The first-order valence-corrected chi connectivity index (χ1v) is 5.42. The Labute approximate surface area is 85.8 Å². The molecule has 0 saturated carbocycles. The maximum Gasteiger partial charge on any atom is 0.222 e. The van der Waals surface area contributed by atoms with Crippen molar-refractivity contribution in [3.8, 4) is 0 Å². The SMILES string of the molecule is CC(C)C(=O)NCCNC1CCNC1. The lowest BCUT2D eigenvalue weighted by atomic mass is 10.2. The molecule has 1 saturated heterocycles. The van der Waals surface area contributed by atoms with E-state index >= 15 is 0 Å². The normalized spacial score (nSPS) is 21.5. The molecule has 0 radical (unpaired) electrons. The van der Waals surface area contributed by atoms with Gasteiger partial charge in [0.1, 0.15) is 0 Å². The number of hydrogen-bond donors (Lipinski definition) is 3. The van der Waals surface area contributed by atoms with Gasteiger partial charge in [-0.3, -0.25) is 4.79 Å². The van der Waals surface area contributed by atoms with Crippen molar-refractivity contribution >= 4 is 5.91 Å². The first-order chi connectivity index (χ1) is 6.70. The average molecular weight is 199 g/mol. The molecule has 0 spiro atoms. The third kappa shape index (κ3) is 4.07. The molecule has 0 aromatic carbocycles. The van der Waals surface area contributed by atoms with Crippen LogP contribution in [0.1, 0.15) is 20.3 Å². The molecule has 0 bridgehead atoms. The van der Waals surface area contributed by atoms with Crippen molar-refractivity contribution in [2.45, 2.75) is 26.3 Å². The van der Waals surface area contributed by atoms with Gasteiger partial charge in [0.2, 0.25) is 5.91 Å². The van der Waals surface area contributed by atoms with E-state index in [1.807, 2.05) is 13.8 Å². The maximum atomic E-state index is 11.2. The van der Waals surface area contributed by atoms with E-state index in [-0.39, 0.29) is 11.8 Å². The highest BCUT2D eigenvalue weighted by Crippen LogP contribution is 1.95. The number of hydrogen-bond acceptors (Lipinski definition) is 3. The van der Waals surface area contributed by atoms with Crippen LogP contribution in [0.25, 0.3) is 0 Å². The van der Waals surface area contributed by atoms with Crippen molar-refractivity contribution in [3.05, 3.63) is 0 Å². The second-order valence-electron chi connectivity index (χ2n) is 4.09. The zero-order valence-corrected chi connectivity index (χ0v) is 9.10. The maximum absolute atomic E-state index is 11.2. The van der Waals surface area contributed by atoms with Gasteiger partial charge in [0, 0.05) is 31.6 Å². The van der Waals surface area contributed by atoms with Gasteiger partial charge in [0.05, 0.1) is 0 Å². The van der Waals surface area contributed by atoms with Gasteiger partial charge in [-0.1, -0.05) is 13.8 Å². The molecule has 0 aliphatic carbocycles. The predicted octanol–water partition coefficient (Wildman–Crippen LogP) is -0.290. The Morgan fingerprint density at radius 3 is 2.86 bits per heavy atom. The number of amides is 1. The van der Waals surface area contributed by atoms with Crippen molar-refractivity contribution in [1.82, 2.24) is 16.0 Å². The van der Waals surface area contributed by atoms with E-state index in [0.717, 1.165) is 26.2 Å². The van der Waals surface area contributed by atoms with Crippen LogP contribution < -0.4 is 16.0 Å². The van der Waals surface area contributed by atoms with Gasteiger partial charge in [-0.05, 0) is 13.0 Å². The van der Waals surface area contributed by atoms with E-state index in [2.05, 4.69) is 16.0 Å². The van der Waals surface area contributed by atoms with E-state index < -0.39 is 0 Å². The summed E-state index contributed by atoms with van der Waals surface area (Å²) >= 11 is 0. The second kappa shape index (κ2) is 5.98. The lowest BCUT2D eigenvalue weighted by Gasteiger charge is -2.12. The summed E-state index contributed by atoms with van der Waals surface area (Å²) in [5.41, 5.74) is 0. The predicted molar refractivity (Wildman–Crippen MR) is 57.1 cm³/mol. The molecule has 1 aliphatic rings. The molecular formula is C10H21N3O. The Morgan fingerprint density at radius 2 is 2.29 bits per heavy atom. The van der Waals surface area contributed by atoms with Crippen molar-refractivity contribution in [1.29, 1.82) is 0 Å². The number of nitrogens with one attached hydrogen (secondary N) is 3. The summed E-state index contributed by atoms with van der Waals surface area (Å²) in [6, 6.07) is 0.589. The average Bonchev–Trinajstić information content (AvgIpc) is 2.64. The van der Waals surface area contributed by atoms with E-state index in [1.165, 1.54) is 6.42 Å². The smallest absolute Gasteiger partial charge is 0.222 e. The molecule has 1 fully saturated rings. The molecule has 0 aromatic rings. The minimum Gasteiger partial charge on any atom is -0.355 e. The van der Waals surface area contributed by atoms with Crippen LogP contribution in [0.5, 0.6) is 0 Å². The Balaban J connectivity index is 1.96. The van der Waals surface area contributed by atoms with Gasteiger partial charge in [-0.25, -0.2) is 0 Å². The fraction of sp³-hybridized carbons (Fsp3) is 0.900. The lowest BCUT2D eigenvalue weighted by Crippen LogP contribution is -2.39. The van der Waals surface area contributed by atoms with Gasteiger partial charge >= 0.3 is 0 Å². The number of rotatable bonds is 5. The highest BCUT2D eigenvalue weighted by atomic mass is 16.1.